The summed E-state index contributed by atoms with van der Waals surface area (Å²) in [5.74, 6) is 0.980. The lowest BCUT2D eigenvalue weighted by molar-refractivity contribution is 0.304. The first-order chi connectivity index (χ1) is 11.3. The van der Waals surface area contributed by atoms with Crippen LogP contribution in [0.15, 0.2) is 53.5 Å². The molecule has 0 amide bonds. The SMILES string of the molecule is O=c1c(OCCc2ccccc2)cccn1CC1CCCNC1. The Bertz CT molecular complexity index is 661. The van der Waals surface area contributed by atoms with Crippen LogP contribution in [0.25, 0.3) is 0 Å². The summed E-state index contributed by atoms with van der Waals surface area (Å²) in [6, 6.07) is 13.8. The van der Waals surface area contributed by atoms with Gasteiger partial charge in [0.25, 0.3) is 5.56 Å². The van der Waals surface area contributed by atoms with Gasteiger partial charge in [0.15, 0.2) is 5.75 Å². The average Bonchev–Trinajstić information content (AvgIpc) is 2.60. The number of ether oxygens (including phenoxy) is 1. The number of benzene rings is 1. The van der Waals surface area contributed by atoms with Gasteiger partial charge in [-0.3, -0.25) is 4.79 Å². The third kappa shape index (κ3) is 4.45. The molecule has 0 bridgehead atoms. The van der Waals surface area contributed by atoms with Crippen LogP contribution in [-0.4, -0.2) is 24.3 Å². The Balaban J connectivity index is 1.59. The molecule has 1 N–H and O–H groups in total. The summed E-state index contributed by atoms with van der Waals surface area (Å²) < 4.78 is 7.51. The van der Waals surface area contributed by atoms with E-state index in [-0.39, 0.29) is 5.56 Å². The van der Waals surface area contributed by atoms with E-state index in [0.29, 0.717) is 18.3 Å². The lowest BCUT2D eigenvalue weighted by atomic mass is 10.00. The minimum absolute atomic E-state index is 0.0221. The number of aromatic nitrogens is 1. The smallest absolute Gasteiger partial charge is 0.292 e. The fraction of sp³-hybridized carbons (Fsp3) is 0.421. The van der Waals surface area contributed by atoms with Gasteiger partial charge in [-0.05, 0) is 49.5 Å². The van der Waals surface area contributed by atoms with Crippen LogP contribution in [0.3, 0.4) is 0 Å². The number of nitrogens with zero attached hydrogens (tertiary/aromatic N) is 1. The summed E-state index contributed by atoms with van der Waals surface area (Å²) >= 11 is 0. The van der Waals surface area contributed by atoms with Crippen LogP contribution in [0, 0.1) is 5.92 Å². The van der Waals surface area contributed by atoms with Crippen molar-refractivity contribution in [2.45, 2.75) is 25.8 Å². The molecule has 2 heterocycles. The van der Waals surface area contributed by atoms with E-state index < -0.39 is 0 Å². The van der Waals surface area contributed by atoms with Crippen LogP contribution in [0.4, 0.5) is 0 Å². The minimum Gasteiger partial charge on any atom is -0.488 e. The van der Waals surface area contributed by atoms with Crippen LogP contribution < -0.4 is 15.6 Å². The van der Waals surface area contributed by atoms with Crippen LogP contribution in [0.1, 0.15) is 18.4 Å². The number of nitrogens with one attached hydrogen (secondary N) is 1. The molecule has 1 unspecified atom stereocenters. The normalized spacial score (nSPS) is 17.8. The maximum absolute atomic E-state index is 12.5. The Hall–Kier alpha value is -2.07. The second-order valence-corrected chi connectivity index (χ2v) is 6.13. The fourth-order valence-corrected chi connectivity index (χ4v) is 3.05. The second-order valence-electron chi connectivity index (χ2n) is 6.13. The molecule has 0 saturated carbocycles. The Morgan fingerprint density at radius 3 is 2.83 bits per heavy atom. The van der Waals surface area contributed by atoms with Gasteiger partial charge in [-0.2, -0.15) is 0 Å². The third-order valence-corrected chi connectivity index (χ3v) is 4.33. The van der Waals surface area contributed by atoms with Crippen LogP contribution >= 0.6 is 0 Å². The molecule has 1 aromatic heterocycles. The lowest BCUT2D eigenvalue weighted by Crippen LogP contribution is -2.34. The molecule has 4 nitrogen and oxygen atoms in total. The first-order valence-corrected chi connectivity index (χ1v) is 8.40. The van der Waals surface area contributed by atoms with E-state index in [9.17, 15) is 4.79 Å². The molecule has 1 aliphatic rings. The molecule has 0 aliphatic carbocycles. The largest absolute Gasteiger partial charge is 0.488 e. The summed E-state index contributed by atoms with van der Waals surface area (Å²) in [5, 5.41) is 3.39. The van der Waals surface area contributed by atoms with Gasteiger partial charge in [0.1, 0.15) is 0 Å². The van der Waals surface area contributed by atoms with E-state index in [1.54, 1.807) is 10.6 Å². The minimum atomic E-state index is -0.0221. The van der Waals surface area contributed by atoms with Crippen molar-refractivity contribution in [2.24, 2.45) is 5.92 Å². The van der Waals surface area contributed by atoms with Gasteiger partial charge in [0, 0.05) is 19.2 Å². The van der Waals surface area contributed by atoms with Crippen LogP contribution in [0.5, 0.6) is 5.75 Å². The van der Waals surface area contributed by atoms with Gasteiger partial charge in [-0.25, -0.2) is 0 Å². The summed E-state index contributed by atoms with van der Waals surface area (Å²) in [4.78, 5) is 12.5. The molecular formula is C19H24N2O2. The van der Waals surface area contributed by atoms with Gasteiger partial charge in [-0.1, -0.05) is 30.3 Å². The third-order valence-electron chi connectivity index (χ3n) is 4.33. The summed E-state index contributed by atoms with van der Waals surface area (Å²) in [6.45, 7) is 3.37. The Morgan fingerprint density at radius 2 is 2.04 bits per heavy atom. The van der Waals surface area contributed by atoms with Gasteiger partial charge < -0.3 is 14.6 Å². The Morgan fingerprint density at radius 1 is 1.17 bits per heavy atom. The standard InChI is InChI=1S/C19H24N2O2/c22-19-18(23-13-10-16-6-2-1-3-7-16)9-5-12-21(19)15-17-8-4-11-20-14-17/h1-3,5-7,9,12,17,20H,4,8,10-11,13-15H2. The molecule has 2 aromatic rings. The second kappa shape index (κ2) is 7.97. The maximum atomic E-state index is 12.5. The van der Waals surface area contributed by atoms with E-state index in [2.05, 4.69) is 17.4 Å². The van der Waals surface area contributed by atoms with E-state index in [1.165, 1.54) is 18.4 Å². The van der Waals surface area contributed by atoms with Crippen LogP contribution in [0.2, 0.25) is 0 Å². The molecule has 23 heavy (non-hydrogen) atoms. The molecule has 122 valence electrons. The van der Waals surface area contributed by atoms with Crippen molar-refractivity contribution < 1.29 is 4.74 Å². The van der Waals surface area contributed by atoms with Gasteiger partial charge in [0.2, 0.25) is 0 Å². The number of piperidine rings is 1. The molecule has 1 aromatic carbocycles. The lowest BCUT2D eigenvalue weighted by Gasteiger charge is -2.23. The zero-order valence-electron chi connectivity index (χ0n) is 13.4. The molecule has 1 fully saturated rings. The molecule has 0 radical (unpaired) electrons. The average molecular weight is 312 g/mol. The Labute approximate surface area is 137 Å². The van der Waals surface area contributed by atoms with Crippen molar-refractivity contribution in [2.75, 3.05) is 19.7 Å². The molecule has 3 rings (SSSR count). The van der Waals surface area contributed by atoms with Gasteiger partial charge >= 0.3 is 0 Å². The van der Waals surface area contributed by atoms with E-state index in [4.69, 9.17) is 4.74 Å². The molecule has 1 aliphatic heterocycles. The van der Waals surface area contributed by atoms with Gasteiger partial charge in [-0.15, -0.1) is 0 Å². The van der Waals surface area contributed by atoms with E-state index >= 15 is 0 Å². The monoisotopic (exact) mass is 312 g/mol. The molecule has 1 saturated heterocycles. The van der Waals surface area contributed by atoms with Crippen molar-refractivity contribution in [1.29, 1.82) is 0 Å². The van der Waals surface area contributed by atoms with Crippen molar-refractivity contribution in [3.63, 3.8) is 0 Å². The number of hydrogen-bond acceptors (Lipinski definition) is 3. The quantitative estimate of drug-likeness (QED) is 0.891. The highest BCUT2D eigenvalue weighted by molar-refractivity contribution is 5.18. The first kappa shape index (κ1) is 15.8. The fourth-order valence-electron chi connectivity index (χ4n) is 3.05. The van der Waals surface area contributed by atoms with Crippen molar-refractivity contribution in [3.05, 3.63) is 64.6 Å². The Kier molecular flexibility index (Phi) is 5.48. The maximum Gasteiger partial charge on any atom is 0.292 e. The van der Waals surface area contributed by atoms with Crippen molar-refractivity contribution in [3.8, 4) is 5.75 Å². The first-order valence-electron chi connectivity index (χ1n) is 8.40. The number of pyridine rings is 1. The van der Waals surface area contributed by atoms with Crippen LogP contribution in [-0.2, 0) is 13.0 Å². The number of hydrogen-bond donors (Lipinski definition) is 1. The van der Waals surface area contributed by atoms with E-state index in [0.717, 1.165) is 26.1 Å². The summed E-state index contributed by atoms with van der Waals surface area (Å²) in [7, 11) is 0. The molecule has 4 heteroatoms. The predicted molar refractivity (Wildman–Crippen MR) is 91.9 cm³/mol. The number of rotatable bonds is 6. The van der Waals surface area contributed by atoms with Crippen molar-refractivity contribution in [1.82, 2.24) is 9.88 Å². The van der Waals surface area contributed by atoms with Gasteiger partial charge in [0.05, 0.1) is 6.61 Å². The summed E-state index contributed by atoms with van der Waals surface area (Å²) in [6.07, 6.45) is 5.04. The molecular weight excluding hydrogens is 288 g/mol. The predicted octanol–water partition coefficient (Wildman–Crippen LogP) is 2.47. The van der Waals surface area contributed by atoms with E-state index in [1.807, 2.05) is 30.5 Å². The zero-order valence-corrected chi connectivity index (χ0v) is 13.4. The highest BCUT2D eigenvalue weighted by atomic mass is 16.5. The molecule has 1 atom stereocenters. The topological polar surface area (TPSA) is 43.3 Å². The summed E-state index contributed by atoms with van der Waals surface area (Å²) in [5.41, 5.74) is 1.20. The van der Waals surface area contributed by atoms with Crippen molar-refractivity contribution >= 4 is 0 Å². The highest BCUT2D eigenvalue weighted by Crippen LogP contribution is 2.12. The zero-order chi connectivity index (χ0) is 15.9. The molecule has 0 spiro atoms. The highest BCUT2D eigenvalue weighted by Gasteiger charge is 2.15.